The first-order valence-corrected chi connectivity index (χ1v) is 6.66. The number of Topliss-reactive ketones (excluding diaryl/α,β-unsaturated/α-hetero) is 1. The monoisotopic (exact) mass is 305 g/mol. The van der Waals surface area contributed by atoms with Crippen molar-refractivity contribution in [2.24, 2.45) is 5.73 Å². The van der Waals surface area contributed by atoms with E-state index in [1.54, 1.807) is 6.92 Å². The van der Waals surface area contributed by atoms with Gasteiger partial charge in [0.05, 0.1) is 17.4 Å². The Balaban J connectivity index is 0.00000361. The molecule has 1 rings (SSSR count). The standard InChI is InChI=1S/C11H13NO6S.H2O/c1-6-2-3-7(19(16,17)18)4-8(6)11(15)9(12)5-10(13)14;/h2-4,9H,5,12H2,1H3,(H,13,14)(H,16,17,18);1H2/t9-;/m0./s1. The Morgan fingerprint density at radius 1 is 1.35 bits per heavy atom. The van der Waals surface area contributed by atoms with Crippen molar-refractivity contribution in [1.82, 2.24) is 0 Å². The van der Waals surface area contributed by atoms with Gasteiger partial charge in [0.25, 0.3) is 10.1 Å². The zero-order valence-corrected chi connectivity index (χ0v) is 11.3. The number of aryl methyl sites for hydroxylation is 1. The molecular weight excluding hydrogens is 290 g/mol. The minimum absolute atomic E-state index is 0. The van der Waals surface area contributed by atoms with Crippen LogP contribution in [0.4, 0.5) is 0 Å². The lowest BCUT2D eigenvalue weighted by molar-refractivity contribution is -0.137. The Bertz CT molecular complexity index is 624. The molecule has 0 aliphatic rings. The van der Waals surface area contributed by atoms with Gasteiger partial charge in [0.1, 0.15) is 0 Å². The molecule has 0 saturated carbocycles. The van der Waals surface area contributed by atoms with Crippen LogP contribution in [-0.4, -0.2) is 41.3 Å². The highest BCUT2D eigenvalue weighted by molar-refractivity contribution is 7.85. The van der Waals surface area contributed by atoms with Crippen molar-refractivity contribution < 1.29 is 33.1 Å². The molecule has 6 N–H and O–H groups in total. The Morgan fingerprint density at radius 2 is 1.90 bits per heavy atom. The minimum Gasteiger partial charge on any atom is -0.481 e. The van der Waals surface area contributed by atoms with Crippen LogP contribution in [0.3, 0.4) is 0 Å². The van der Waals surface area contributed by atoms with E-state index in [1.165, 1.54) is 6.07 Å². The summed E-state index contributed by atoms with van der Waals surface area (Å²) in [4.78, 5) is 22.0. The highest BCUT2D eigenvalue weighted by Crippen LogP contribution is 2.17. The summed E-state index contributed by atoms with van der Waals surface area (Å²) >= 11 is 0. The van der Waals surface area contributed by atoms with Gasteiger partial charge in [-0.1, -0.05) is 6.07 Å². The van der Waals surface area contributed by atoms with Gasteiger partial charge in [0, 0.05) is 5.56 Å². The van der Waals surface area contributed by atoms with Crippen molar-refractivity contribution in [2.75, 3.05) is 0 Å². The maximum atomic E-state index is 11.9. The number of carbonyl (C=O) groups is 2. The lowest BCUT2D eigenvalue weighted by Gasteiger charge is -2.11. The van der Waals surface area contributed by atoms with Gasteiger partial charge in [-0.15, -0.1) is 0 Å². The van der Waals surface area contributed by atoms with Gasteiger partial charge in [0.15, 0.2) is 5.78 Å². The molecule has 0 spiro atoms. The number of hydrogen-bond acceptors (Lipinski definition) is 5. The van der Waals surface area contributed by atoms with Crippen molar-refractivity contribution in [3.63, 3.8) is 0 Å². The van der Waals surface area contributed by atoms with Gasteiger partial charge in [-0.05, 0) is 24.6 Å². The van der Waals surface area contributed by atoms with Crippen LogP contribution in [0.2, 0.25) is 0 Å². The first-order chi connectivity index (χ1) is 8.62. The quantitative estimate of drug-likeness (QED) is 0.482. The van der Waals surface area contributed by atoms with E-state index in [4.69, 9.17) is 15.4 Å². The van der Waals surface area contributed by atoms with E-state index in [0.717, 1.165) is 12.1 Å². The predicted molar refractivity (Wildman–Crippen MR) is 69.2 cm³/mol. The number of benzene rings is 1. The summed E-state index contributed by atoms with van der Waals surface area (Å²) in [7, 11) is -4.43. The van der Waals surface area contributed by atoms with Gasteiger partial charge in [0.2, 0.25) is 0 Å². The molecule has 0 saturated heterocycles. The van der Waals surface area contributed by atoms with Crippen molar-refractivity contribution >= 4 is 21.9 Å². The van der Waals surface area contributed by atoms with E-state index in [-0.39, 0.29) is 11.0 Å². The van der Waals surface area contributed by atoms with Crippen molar-refractivity contribution in [1.29, 1.82) is 0 Å². The molecule has 112 valence electrons. The molecule has 0 heterocycles. The van der Waals surface area contributed by atoms with E-state index in [9.17, 15) is 18.0 Å². The second kappa shape index (κ2) is 6.57. The Hall–Kier alpha value is -1.81. The lowest BCUT2D eigenvalue weighted by atomic mass is 9.98. The van der Waals surface area contributed by atoms with Crippen molar-refractivity contribution in [2.45, 2.75) is 24.3 Å². The molecule has 1 atom stereocenters. The average Bonchev–Trinajstić information content (AvgIpc) is 2.26. The fraction of sp³-hybridized carbons (Fsp3) is 0.273. The Kier molecular flexibility index (Phi) is 5.97. The van der Waals surface area contributed by atoms with Gasteiger partial charge < -0.3 is 16.3 Å². The zero-order chi connectivity index (χ0) is 14.8. The molecule has 0 bridgehead atoms. The van der Waals surface area contributed by atoms with Gasteiger partial charge in [-0.25, -0.2) is 0 Å². The number of ketones is 1. The minimum atomic E-state index is -4.43. The Morgan fingerprint density at radius 3 is 2.35 bits per heavy atom. The molecule has 0 aromatic heterocycles. The Labute approximate surface area is 115 Å². The summed E-state index contributed by atoms with van der Waals surface area (Å²) < 4.78 is 30.9. The molecule has 0 unspecified atom stereocenters. The van der Waals surface area contributed by atoms with Crippen molar-refractivity contribution in [3.8, 4) is 0 Å². The normalized spacial score (nSPS) is 12.3. The summed E-state index contributed by atoms with van der Waals surface area (Å²) in [5.74, 6) is -1.92. The second-order valence-electron chi connectivity index (χ2n) is 4.02. The maximum Gasteiger partial charge on any atom is 0.305 e. The third-order valence-corrected chi connectivity index (χ3v) is 3.35. The number of carbonyl (C=O) groups excluding carboxylic acids is 1. The van der Waals surface area contributed by atoms with Crippen LogP contribution >= 0.6 is 0 Å². The number of carboxylic acid groups (broad SMARTS) is 1. The third-order valence-electron chi connectivity index (χ3n) is 2.50. The number of carboxylic acids is 1. The fourth-order valence-corrected chi connectivity index (χ4v) is 2.01. The molecule has 0 radical (unpaired) electrons. The molecule has 20 heavy (non-hydrogen) atoms. The van der Waals surface area contributed by atoms with Crippen LogP contribution < -0.4 is 5.73 Å². The number of nitrogens with two attached hydrogens (primary N) is 1. The molecular formula is C11H15NO7S. The fourth-order valence-electron chi connectivity index (χ4n) is 1.51. The number of aliphatic carboxylic acids is 1. The SMILES string of the molecule is Cc1ccc(S(=O)(=O)O)cc1C(=O)[C@@H](N)CC(=O)O.O. The first-order valence-electron chi connectivity index (χ1n) is 5.22. The largest absolute Gasteiger partial charge is 0.481 e. The number of hydrogen-bond donors (Lipinski definition) is 3. The van der Waals surface area contributed by atoms with E-state index >= 15 is 0 Å². The average molecular weight is 305 g/mol. The third kappa shape index (κ3) is 4.38. The summed E-state index contributed by atoms with van der Waals surface area (Å²) in [6.45, 7) is 1.55. The molecule has 0 fully saturated rings. The van der Waals surface area contributed by atoms with Crippen LogP contribution in [0, 0.1) is 6.92 Å². The van der Waals surface area contributed by atoms with Crippen LogP contribution in [0.5, 0.6) is 0 Å². The summed E-state index contributed by atoms with van der Waals surface area (Å²) in [5.41, 5.74) is 5.85. The van der Waals surface area contributed by atoms with Crippen LogP contribution in [0.15, 0.2) is 23.1 Å². The summed E-state index contributed by atoms with van der Waals surface area (Å²) in [6.07, 6.45) is -0.561. The molecule has 9 heteroatoms. The highest BCUT2D eigenvalue weighted by atomic mass is 32.2. The van der Waals surface area contributed by atoms with E-state index < -0.39 is 39.2 Å². The topological polar surface area (TPSA) is 166 Å². The van der Waals surface area contributed by atoms with Gasteiger partial charge >= 0.3 is 5.97 Å². The summed E-state index contributed by atoms with van der Waals surface area (Å²) in [5, 5.41) is 8.56. The molecule has 0 amide bonds. The van der Waals surface area contributed by atoms with E-state index in [0.29, 0.717) is 5.56 Å². The molecule has 1 aromatic rings. The second-order valence-corrected chi connectivity index (χ2v) is 5.44. The van der Waals surface area contributed by atoms with Gasteiger partial charge in [-0.3, -0.25) is 14.1 Å². The molecule has 8 nitrogen and oxygen atoms in total. The summed E-state index contributed by atoms with van der Waals surface area (Å²) in [6, 6.07) is 2.19. The molecule has 0 aliphatic heterocycles. The smallest absolute Gasteiger partial charge is 0.305 e. The highest BCUT2D eigenvalue weighted by Gasteiger charge is 2.22. The van der Waals surface area contributed by atoms with Crippen LogP contribution in [0.1, 0.15) is 22.3 Å². The predicted octanol–water partition coefficient (Wildman–Crippen LogP) is -0.598. The van der Waals surface area contributed by atoms with Crippen LogP contribution in [0.25, 0.3) is 0 Å². The lowest BCUT2D eigenvalue weighted by Crippen LogP contribution is -2.33. The van der Waals surface area contributed by atoms with Crippen molar-refractivity contribution in [3.05, 3.63) is 29.3 Å². The first kappa shape index (κ1) is 18.2. The van der Waals surface area contributed by atoms with Crippen LogP contribution in [-0.2, 0) is 14.9 Å². The molecule has 0 aliphatic carbocycles. The molecule has 1 aromatic carbocycles. The van der Waals surface area contributed by atoms with E-state index in [1.807, 2.05) is 0 Å². The maximum absolute atomic E-state index is 11.9. The van der Waals surface area contributed by atoms with Gasteiger partial charge in [-0.2, -0.15) is 8.42 Å². The number of rotatable bonds is 5. The zero-order valence-electron chi connectivity index (χ0n) is 10.5. The van der Waals surface area contributed by atoms with E-state index in [2.05, 4.69) is 0 Å².